The van der Waals surface area contributed by atoms with Crippen LogP contribution in [0.15, 0.2) is 30.3 Å². The lowest BCUT2D eigenvalue weighted by molar-refractivity contribution is 0.307. The van der Waals surface area contributed by atoms with Crippen LogP contribution in [0.25, 0.3) is 0 Å². The molecule has 0 saturated carbocycles. The predicted octanol–water partition coefficient (Wildman–Crippen LogP) is 4.24. The maximum atomic E-state index is 11.1. The summed E-state index contributed by atoms with van der Waals surface area (Å²) >= 11 is 0. The molecule has 166 valence electrons. The molecule has 5 N–H and O–H groups in total. The predicted molar refractivity (Wildman–Crippen MR) is 117 cm³/mol. The molecule has 0 aliphatic rings. The Morgan fingerprint density at radius 1 is 0.821 bits per heavy atom. The van der Waals surface area contributed by atoms with Crippen molar-refractivity contribution in [1.29, 1.82) is 0 Å². The van der Waals surface area contributed by atoms with E-state index >= 15 is 0 Å². The summed E-state index contributed by atoms with van der Waals surface area (Å²) in [6.07, 6.45) is 0. The molecule has 3 unspecified atom stereocenters. The number of benzene rings is 1. The second kappa shape index (κ2) is 15.5. The third-order valence-corrected chi connectivity index (χ3v) is 5.59. The second-order valence-electron chi connectivity index (χ2n) is 5.77. The Hall–Kier alpha value is -0.330. The summed E-state index contributed by atoms with van der Waals surface area (Å²) in [6.45, 7) is 11.8. The van der Waals surface area contributed by atoms with Gasteiger partial charge < -0.3 is 13.6 Å². The van der Waals surface area contributed by atoms with Crippen LogP contribution < -0.4 is 16.1 Å². The maximum Gasteiger partial charge on any atom is 0.266 e. The van der Waals surface area contributed by atoms with Crippen molar-refractivity contribution in [3.05, 3.63) is 35.9 Å². The first-order chi connectivity index (χ1) is 12.8. The van der Waals surface area contributed by atoms with Crippen molar-refractivity contribution in [2.45, 2.75) is 27.4 Å². The highest BCUT2D eigenvalue weighted by atomic mass is 31.2. The monoisotopic (exact) mass is 459 g/mol. The molecule has 0 radical (unpaired) electrons. The molecule has 9 nitrogen and oxygen atoms in total. The fraction of sp³-hybridized carbons (Fsp3) is 0.625. The van der Waals surface area contributed by atoms with Gasteiger partial charge in [-0.3, -0.25) is 24.7 Å². The first kappa shape index (κ1) is 29.9. The van der Waals surface area contributed by atoms with Crippen LogP contribution in [-0.4, -0.2) is 39.8 Å². The molecule has 0 amide bonds. The summed E-state index contributed by atoms with van der Waals surface area (Å²) in [5, 5.41) is 2.76. The van der Waals surface area contributed by atoms with Gasteiger partial charge in [-0.2, -0.15) is 0 Å². The Kier molecular flexibility index (Phi) is 16.5. The molecule has 28 heavy (non-hydrogen) atoms. The van der Waals surface area contributed by atoms with Gasteiger partial charge in [-0.05, 0) is 19.4 Å². The Morgan fingerprint density at radius 3 is 1.61 bits per heavy atom. The highest BCUT2D eigenvalue weighted by Crippen LogP contribution is 2.36. The highest BCUT2D eigenvalue weighted by molar-refractivity contribution is 7.56. The van der Waals surface area contributed by atoms with Crippen LogP contribution in [-0.2, 0) is 33.9 Å². The number of nitrogens with two attached hydrogens (primary N) is 2. The molecule has 1 rings (SSSR count). The minimum atomic E-state index is -2.83. The van der Waals surface area contributed by atoms with E-state index in [4.69, 9.17) is 20.1 Å². The zero-order valence-electron chi connectivity index (χ0n) is 17.7. The third kappa shape index (κ3) is 23.7. The largest absolute Gasteiger partial charge is 0.318 e. The van der Waals surface area contributed by atoms with E-state index in [-0.39, 0.29) is 0 Å². The van der Waals surface area contributed by atoms with Gasteiger partial charge in [-0.1, -0.05) is 37.3 Å². The Bertz CT molecular complexity index is 638. The molecule has 3 atom stereocenters. The maximum absolute atomic E-state index is 11.1. The topological polar surface area (TPSA) is 143 Å². The van der Waals surface area contributed by atoms with Crippen LogP contribution in [0.2, 0.25) is 0 Å². The van der Waals surface area contributed by atoms with Gasteiger partial charge in [0.1, 0.15) is 0 Å². The van der Waals surface area contributed by atoms with E-state index in [9.17, 15) is 13.7 Å². The Morgan fingerprint density at radius 2 is 1.29 bits per heavy atom. The smallest absolute Gasteiger partial charge is 0.266 e. The van der Waals surface area contributed by atoms with Gasteiger partial charge in [0.15, 0.2) is 0 Å². The number of hydrogen-bond acceptors (Lipinski definition) is 6. The van der Waals surface area contributed by atoms with Gasteiger partial charge in [0.05, 0.1) is 19.8 Å². The molecule has 0 bridgehead atoms. The Labute approximate surface area is 169 Å². The van der Waals surface area contributed by atoms with Crippen LogP contribution in [0.3, 0.4) is 0 Å². The molecular weight excluding hydrogens is 423 g/mol. The lowest BCUT2D eigenvalue weighted by Gasteiger charge is -2.11. The number of nitrogens with one attached hydrogen (secondary N) is 1. The van der Waals surface area contributed by atoms with Crippen molar-refractivity contribution in [2.24, 2.45) is 11.0 Å². The van der Waals surface area contributed by atoms with Crippen LogP contribution in [0.5, 0.6) is 0 Å². The van der Waals surface area contributed by atoms with E-state index in [1.807, 2.05) is 44.2 Å². The number of hydrogen-bond donors (Lipinski definition) is 3. The van der Waals surface area contributed by atoms with Gasteiger partial charge >= 0.3 is 0 Å². The lowest BCUT2D eigenvalue weighted by Crippen LogP contribution is -2.10. The van der Waals surface area contributed by atoms with Crippen molar-refractivity contribution < 1.29 is 27.3 Å². The van der Waals surface area contributed by atoms with E-state index in [0.29, 0.717) is 26.4 Å². The molecule has 0 saturated heterocycles. The fourth-order valence-electron chi connectivity index (χ4n) is 1.61. The van der Waals surface area contributed by atoms with E-state index in [2.05, 4.69) is 9.61 Å². The molecule has 0 spiro atoms. The quantitative estimate of drug-likeness (QED) is 0.462. The van der Waals surface area contributed by atoms with Gasteiger partial charge in [0, 0.05) is 26.5 Å². The Balaban J connectivity index is 0. The van der Waals surface area contributed by atoms with Crippen molar-refractivity contribution in [3.63, 3.8) is 0 Å². The SMILES string of the molecule is CCNP(C)(=O)OCC.CCOP(C)(N)=O.CP(N)(=O)OCc1ccccc1. The van der Waals surface area contributed by atoms with Gasteiger partial charge in [-0.15, -0.1) is 0 Å². The van der Waals surface area contributed by atoms with Gasteiger partial charge in [0.2, 0.25) is 0 Å². The summed E-state index contributed by atoms with van der Waals surface area (Å²) in [5.41, 5.74) is 11.2. The van der Waals surface area contributed by atoms with Crippen molar-refractivity contribution in [3.8, 4) is 0 Å². The molecule has 1 aromatic carbocycles. The van der Waals surface area contributed by atoms with Crippen LogP contribution in [0.1, 0.15) is 26.3 Å². The van der Waals surface area contributed by atoms with E-state index < -0.39 is 22.6 Å². The van der Waals surface area contributed by atoms with Crippen molar-refractivity contribution in [1.82, 2.24) is 5.09 Å². The minimum Gasteiger partial charge on any atom is -0.318 e. The zero-order valence-corrected chi connectivity index (χ0v) is 20.3. The van der Waals surface area contributed by atoms with E-state index in [1.165, 1.54) is 13.3 Å². The van der Waals surface area contributed by atoms with E-state index in [1.54, 1.807) is 13.6 Å². The second-order valence-corrected chi connectivity index (χ2v) is 12.2. The first-order valence-electron chi connectivity index (χ1n) is 8.78. The average molecular weight is 459 g/mol. The third-order valence-electron chi connectivity index (χ3n) is 2.54. The normalized spacial score (nSPS) is 16.9. The average Bonchev–Trinajstić information content (AvgIpc) is 2.53. The molecule has 12 heteroatoms. The van der Waals surface area contributed by atoms with Gasteiger partial charge in [-0.25, -0.2) is 5.09 Å². The molecule has 0 aliphatic heterocycles. The molecule has 0 aromatic heterocycles. The molecule has 1 aromatic rings. The number of rotatable bonds is 9. The molecule has 0 aliphatic carbocycles. The summed E-state index contributed by atoms with van der Waals surface area (Å²) < 4.78 is 46.8. The summed E-state index contributed by atoms with van der Waals surface area (Å²) in [5.74, 6) is 0. The van der Waals surface area contributed by atoms with Crippen LogP contribution in [0, 0.1) is 0 Å². The highest BCUT2D eigenvalue weighted by Gasteiger charge is 2.10. The molecule has 0 heterocycles. The molecule has 0 fully saturated rings. The standard InChI is InChI=1S/C8H12NO2P.C5H14NO2P.C3H10NO2P/c1-12(9,10)11-7-8-5-3-2-4-6-8;1-4-6-9(3,7)8-5-2;1-3-6-7(2,4)5/h2-6H,7H2,1H3,(H2,9,10);4-5H2,1-3H3,(H,6,7);3H2,1-2H3,(H2,4,5). The lowest BCUT2D eigenvalue weighted by atomic mass is 10.2. The summed E-state index contributed by atoms with van der Waals surface area (Å²) in [6, 6.07) is 9.51. The summed E-state index contributed by atoms with van der Waals surface area (Å²) in [4.78, 5) is 0. The molecular formula is C16H36N3O6P3. The summed E-state index contributed by atoms with van der Waals surface area (Å²) in [7, 11) is -7.94. The first-order valence-corrected chi connectivity index (χ1v) is 15.1. The fourth-order valence-corrected chi connectivity index (χ4v) is 3.69. The van der Waals surface area contributed by atoms with E-state index in [0.717, 1.165) is 5.56 Å². The minimum absolute atomic E-state index is 0.311. The van der Waals surface area contributed by atoms with Crippen LogP contribution in [0.4, 0.5) is 0 Å². The van der Waals surface area contributed by atoms with Crippen molar-refractivity contribution in [2.75, 3.05) is 39.8 Å². The van der Waals surface area contributed by atoms with Gasteiger partial charge in [0.25, 0.3) is 22.6 Å². The van der Waals surface area contributed by atoms with Crippen molar-refractivity contribution >= 4 is 22.6 Å². The zero-order chi connectivity index (χ0) is 22.3. The van der Waals surface area contributed by atoms with Crippen LogP contribution >= 0.6 is 22.6 Å².